The van der Waals surface area contributed by atoms with Crippen molar-refractivity contribution < 1.29 is 27.0 Å². The van der Waals surface area contributed by atoms with Gasteiger partial charge in [0.25, 0.3) is 0 Å². The van der Waals surface area contributed by atoms with Crippen LogP contribution in [0.2, 0.25) is 0 Å². The maximum absolute atomic E-state index is 14.2. The van der Waals surface area contributed by atoms with Crippen molar-refractivity contribution >= 4 is 34.9 Å². The van der Waals surface area contributed by atoms with Gasteiger partial charge in [-0.3, -0.25) is 0 Å². The van der Waals surface area contributed by atoms with Crippen LogP contribution in [-0.2, 0) is 0 Å². The summed E-state index contributed by atoms with van der Waals surface area (Å²) in [6.07, 6.45) is 0.990. The van der Waals surface area contributed by atoms with Gasteiger partial charge in [0.15, 0.2) is 23.1 Å². The van der Waals surface area contributed by atoms with Gasteiger partial charge in [-0.25, -0.2) is 9.37 Å². The third-order valence-corrected chi connectivity index (χ3v) is 4.63. The second-order valence-corrected chi connectivity index (χ2v) is 7.21. The molecule has 0 bridgehead atoms. The van der Waals surface area contributed by atoms with Crippen molar-refractivity contribution in [3.05, 3.63) is 54.5 Å². The molecule has 11 heteroatoms. The van der Waals surface area contributed by atoms with Gasteiger partial charge in [0.1, 0.15) is 13.2 Å². The van der Waals surface area contributed by atoms with E-state index in [1.165, 1.54) is 24.3 Å². The standard InChI is InChI=1S/C19H14F4N4O2S/c20-14-10-24-18(26-11-1-4-13(5-2-11)30-19(21,22)23)27-17(14)25-12-3-6-15-16(9-12)29-8-7-28-15/h1-6,9-10H,7-8H2,(H2,24,25,26,27). The van der Waals surface area contributed by atoms with Crippen molar-refractivity contribution in [3.63, 3.8) is 0 Å². The normalized spacial score (nSPS) is 13.1. The molecule has 0 saturated carbocycles. The minimum atomic E-state index is -4.36. The lowest BCUT2D eigenvalue weighted by molar-refractivity contribution is -0.0328. The lowest BCUT2D eigenvalue weighted by Gasteiger charge is -2.19. The Labute approximate surface area is 172 Å². The van der Waals surface area contributed by atoms with Crippen molar-refractivity contribution in [3.8, 4) is 11.5 Å². The lowest BCUT2D eigenvalue weighted by atomic mass is 10.2. The minimum absolute atomic E-state index is 0.0500. The van der Waals surface area contributed by atoms with E-state index in [9.17, 15) is 17.6 Å². The topological polar surface area (TPSA) is 68.3 Å². The molecule has 6 nitrogen and oxygen atoms in total. The Morgan fingerprint density at radius 1 is 0.900 bits per heavy atom. The molecule has 2 aromatic carbocycles. The molecule has 2 N–H and O–H groups in total. The van der Waals surface area contributed by atoms with Crippen molar-refractivity contribution in [2.45, 2.75) is 10.4 Å². The monoisotopic (exact) mass is 438 g/mol. The second-order valence-electron chi connectivity index (χ2n) is 6.07. The Bertz CT molecular complexity index is 1050. The van der Waals surface area contributed by atoms with Crippen LogP contribution in [0.15, 0.2) is 53.6 Å². The fourth-order valence-corrected chi connectivity index (χ4v) is 3.18. The van der Waals surface area contributed by atoms with Crippen molar-refractivity contribution in [2.24, 2.45) is 0 Å². The zero-order valence-electron chi connectivity index (χ0n) is 15.2. The number of halogens is 4. The third kappa shape index (κ3) is 5.03. The number of aromatic nitrogens is 2. The SMILES string of the molecule is Fc1cnc(Nc2ccc(SC(F)(F)F)cc2)nc1Nc1ccc2c(c1)OCCO2. The van der Waals surface area contributed by atoms with E-state index in [2.05, 4.69) is 20.6 Å². The summed E-state index contributed by atoms with van der Waals surface area (Å²) in [6, 6.07) is 10.6. The molecule has 0 spiro atoms. The van der Waals surface area contributed by atoms with Crippen molar-refractivity contribution in [1.82, 2.24) is 9.97 Å². The summed E-state index contributed by atoms with van der Waals surface area (Å²) in [4.78, 5) is 8.00. The molecule has 0 saturated heterocycles. The molecule has 0 atom stereocenters. The highest BCUT2D eigenvalue weighted by Crippen LogP contribution is 2.37. The summed E-state index contributed by atoms with van der Waals surface area (Å²) in [7, 11) is 0. The van der Waals surface area contributed by atoms with Crippen LogP contribution in [0.1, 0.15) is 0 Å². The molecule has 3 aromatic rings. The van der Waals surface area contributed by atoms with Gasteiger partial charge in [-0.2, -0.15) is 18.2 Å². The average molecular weight is 438 g/mol. The van der Waals surface area contributed by atoms with Gasteiger partial charge in [0.2, 0.25) is 5.95 Å². The Balaban J connectivity index is 1.48. The first-order valence-electron chi connectivity index (χ1n) is 8.68. The van der Waals surface area contributed by atoms with Gasteiger partial charge in [0, 0.05) is 22.3 Å². The van der Waals surface area contributed by atoms with Crippen LogP contribution in [-0.4, -0.2) is 28.7 Å². The molecule has 1 aromatic heterocycles. The van der Waals surface area contributed by atoms with Crippen LogP contribution in [0, 0.1) is 5.82 Å². The van der Waals surface area contributed by atoms with Crippen LogP contribution < -0.4 is 20.1 Å². The van der Waals surface area contributed by atoms with E-state index in [-0.39, 0.29) is 28.4 Å². The highest BCUT2D eigenvalue weighted by atomic mass is 32.2. The quantitative estimate of drug-likeness (QED) is 0.404. The van der Waals surface area contributed by atoms with Gasteiger partial charge in [-0.15, -0.1) is 0 Å². The Hall–Kier alpha value is -3.21. The lowest BCUT2D eigenvalue weighted by Crippen LogP contribution is -2.15. The molecule has 0 radical (unpaired) electrons. The number of nitrogens with one attached hydrogen (secondary N) is 2. The van der Waals surface area contributed by atoms with Gasteiger partial charge >= 0.3 is 5.51 Å². The number of nitrogens with zero attached hydrogens (tertiary/aromatic N) is 2. The van der Waals surface area contributed by atoms with E-state index in [4.69, 9.17) is 9.47 Å². The molecule has 30 heavy (non-hydrogen) atoms. The number of alkyl halides is 3. The summed E-state index contributed by atoms with van der Waals surface area (Å²) in [6.45, 7) is 0.887. The zero-order chi connectivity index (χ0) is 21.1. The molecule has 1 aliphatic heterocycles. The van der Waals surface area contributed by atoms with Gasteiger partial charge in [-0.1, -0.05) is 0 Å². The summed E-state index contributed by atoms with van der Waals surface area (Å²) < 4.78 is 62.3. The Morgan fingerprint density at radius 3 is 2.33 bits per heavy atom. The number of anilines is 4. The average Bonchev–Trinajstić information content (AvgIpc) is 2.71. The second kappa shape index (κ2) is 8.27. The van der Waals surface area contributed by atoms with Crippen molar-refractivity contribution in [1.29, 1.82) is 0 Å². The molecule has 4 rings (SSSR count). The molecule has 0 fully saturated rings. The Kier molecular flexibility index (Phi) is 5.53. The Morgan fingerprint density at radius 2 is 1.60 bits per heavy atom. The first kappa shape index (κ1) is 20.1. The number of benzene rings is 2. The molecule has 0 unspecified atom stereocenters. The fraction of sp³-hybridized carbons (Fsp3) is 0.158. The highest BCUT2D eigenvalue weighted by Gasteiger charge is 2.29. The first-order chi connectivity index (χ1) is 14.4. The number of rotatable bonds is 5. The number of ether oxygens (including phenoxy) is 2. The fourth-order valence-electron chi connectivity index (χ4n) is 2.64. The summed E-state index contributed by atoms with van der Waals surface area (Å²) in [5.41, 5.74) is -3.36. The van der Waals surface area contributed by atoms with Crippen LogP contribution >= 0.6 is 11.8 Å². The molecule has 1 aliphatic rings. The molecule has 156 valence electrons. The molecular formula is C19H14F4N4O2S. The largest absolute Gasteiger partial charge is 0.486 e. The van der Waals surface area contributed by atoms with Gasteiger partial charge in [-0.05, 0) is 48.2 Å². The number of hydrogen-bond acceptors (Lipinski definition) is 7. The van der Waals surface area contributed by atoms with Crippen molar-refractivity contribution in [2.75, 3.05) is 23.8 Å². The first-order valence-corrected chi connectivity index (χ1v) is 9.49. The van der Waals surface area contributed by atoms with E-state index in [0.717, 1.165) is 6.20 Å². The molecule has 0 aliphatic carbocycles. The van der Waals surface area contributed by atoms with Gasteiger partial charge < -0.3 is 20.1 Å². The molecule has 2 heterocycles. The summed E-state index contributed by atoms with van der Waals surface area (Å²) in [5.74, 6) is 0.466. The van der Waals surface area contributed by atoms with E-state index < -0.39 is 11.3 Å². The smallest absolute Gasteiger partial charge is 0.446 e. The number of hydrogen-bond donors (Lipinski definition) is 2. The highest BCUT2D eigenvalue weighted by molar-refractivity contribution is 8.00. The van der Waals surface area contributed by atoms with E-state index >= 15 is 0 Å². The predicted octanol–water partition coefficient (Wildman–Crippen LogP) is 5.49. The van der Waals surface area contributed by atoms with Crippen LogP contribution in [0.25, 0.3) is 0 Å². The maximum atomic E-state index is 14.2. The molecule has 0 amide bonds. The number of thioether (sulfide) groups is 1. The predicted molar refractivity (Wildman–Crippen MR) is 104 cm³/mol. The number of fused-ring (bicyclic) bond motifs is 1. The molecular weight excluding hydrogens is 424 g/mol. The minimum Gasteiger partial charge on any atom is -0.486 e. The van der Waals surface area contributed by atoms with Crippen LogP contribution in [0.5, 0.6) is 11.5 Å². The van der Waals surface area contributed by atoms with E-state index in [1.807, 2.05) is 0 Å². The van der Waals surface area contributed by atoms with E-state index in [0.29, 0.717) is 36.1 Å². The maximum Gasteiger partial charge on any atom is 0.446 e. The zero-order valence-corrected chi connectivity index (χ0v) is 16.0. The van der Waals surface area contributed by atoms with E-state index in [1.54, 1.807) is 18.2 Å². The summed E-state index contributed by atoms with van der Waals surface area (Å²) >= 11 is -0.207. The van der Waals surface area contributed by atoms with Crippen LogP contribution in [0.3, 0.4) is 0 Å². The van der Waals surface area contributed by atoms with Gasteiger partial charge in [0.05, 0.1) is 6.20 Å². The van der Waals surface area contributed by atoms with Crippen LogP contribution in [0.4, 0.5) is 40.7 Å². The third-order valence-electron chi connectivity index (χ3n) is 3.89. The summed E-state index contributed by atoms with van der Waals surface area (Å²) in [5, 5.41) is 5.69.